The highest BCUT2D eigenvalue weighted by molar-refractivity contribution is 7.89. The minimum Gasteiger partial charge on any atom is -0.351 e. The third-order valence-corrected chi connectivity index (χ3v) is 9.52. The Balaban J connectivity index is 1.47. The molecule has 0 spiro atoms. The van der Waals surface area contributed by atoms with Crippen molar-refractivity contribution in [2.45, 2.75) is 31.2 Å². The number of hydrogen-bond donors (Lipinski definition) is 2. The fourth-order valence-electron chi connectivity index (χ4n) is 3.15. The molecule has 2 N–H and O–H groups in total. The zero-order valence-corrected chi connectivity index (χ0v) is 19.8. The summed E-state index contributed by atoms with van der Waals surface area (Å²) in [5, 5.41) is 9.33. The van der Waals surface area contributed by atoms with E-state index in [0.717, 1.165) is 39.6 Å². The first-order valence-electron chi connectivity index (χ1n) is 9.52. The number of aromatic nitrogens is 1. The molecule has 0 atom stereocenters. The van der Waals surface area contributed by atoms with Crippen LogP contribution < -0.4 is 10.6 Å². The maximum absolute atomic E-state index is 12.9. The smallest absolute Gasteiger partial charge is 0.268 e. The number of nitrogens with one attached hydrogen (secondary N) is 2. The predicted octanol–water partition coefficient (Wildman–Crippen LogP) is 3.61. The highest BCUT2D eigenvalue weighted by Crippen LogP contribution is 2.32. The number of anilines is 1. The van der Waals surface area contributed by atoms with Crippen molar-refractivity contribution in [3.05, 3.63) is 38.7 Å². The van der Waals surface area contributed by atoms with Crippen molar-refractivity contribution < 1.29 is 18.0 Å². The van der Waals surface area contributed by atoms with Gasteiger partial charge in [0.25, 0.3) is 5.91 Å². The molecule has 4 rings (SSSR count). The van der Waals surface area contributed by atoms with E-state index in [0.29, 0.717) is 24.8 Å². The number of hydrogen-bond acceptors (Lipinski definition) is 8. The summed E-state index contributed by atoms with van der Waals surface area (Å²) in [4.78, 5) is 30.5. The van der Waals surface area contributed by atoms with E-state index in [1.54, 1.807) is 5.38 Å². The molecule has 1 aliphatic heterocycles. The lowest BCUT2D eigenvalue weighted by molar-refractivity contribution is -0.119. The van der Waals surface area contributed by atoms with Crippen molar-refractivity contribution in [1.82, 2.24) is 14.6 Å². The molecule has 1 aliphatic rings. The van der Waals surface area contributed by atoms with Crippen LogP contribution >= 0.6 is 34.0 Å². The van der Waals surface area contributed by atoms with Crippen LogP contribution in [0, 0.1) is 0 Å². The Morgan fingerprint density at radius 3 is 2.68 bits per heavy atom. The Labute approximate surface area is 192 Å². The van der Waals surface area contributed by atoms with E-state index in [9.17, 15) is 18.0 Å². The molecular formula is C19H20N4O4S4. The number of sulfonamides is 1. The SMILES string of the molecule is CC(=O)NCc1ccc(-c2csc(NC(=O)c3sccc3S(=O)(=O)N3CCCC3)n2)s1. The van der Waals surface area contributed by atoms with Crippen LogP contribution in [0.1, 0.15) is 34.3 Å². The van der Waals surface area contributed by atoms with E-state index in [4.69, 9.17) is 0 Å². The average molecular weight is 497 g/mol. The molecule has 0 saturated carbocycles. The second kappa shape index (κ2) is 9.17. The zero-order chi connectivity index (χ0) is 22.0. The van der Waals surface area contributed by atoms with Crippen molar-refractivity contribution in [3.63, 3.8) is 0 Å². The lowest BCUT2D eigenvalue weighted by Crippen LogP contribution is -2.29. The van der Waals surface area contributed by atoms with Crippen molar-refractivity contribution in [1.29, 1.82) is 0 Å². The number of thiophene rings is 2. The van der Waals surface area contributed by atoms with E-state index in [2.05, 4.69) is 15.6 Å². The first kappa shape index (κ1) is 22.1. The third kappa shape index (κ3) is 4.88. The summed E-state index contributed by atoms with van der Waals surface area (Å²) in [5.74, 6) is -0.570. The maximum Gasteiger partial charge on any atom is 0.268 e. The zero-order valence-electron chi connectivity index (χ0n) is 16.6. The minimum absolute atomic E-state index is 0.0505. The molecule has 0 aromatic carbocycles. The Hall–Kier alpha value is -2.12. The molecule has 2 amide bonds. The van der Waals surface area contributed by atoms with Crippen LogP contribution in [-0.4, -0.2) is 42.6 Å². The van der Waals surface area contributed by atoms with Crippen LogP contribution in [-0.2, 0) is 21.4 Å². The highest BCUT2D eigenvalue weighted by atomic mass is 32.2. The second-order valence-corrected chi connectivity index (χ2v) is 11.7. The number of amides is 2. The number of rotatable bonds is 7. The monoisotopic (exact) mass is 496 g/mol. The van der Waals surface area contributed by atoms with Gasteiger partial charge >= 0.3 is 0 Å². The van der Waals surface area contributed by atoms with Crippen LogP contribution in [0.25, 0.3) is 10.6 Å². The Kier molecular flexibility index (Phi) is 6.53. The van der Waals surface area contributed by atoms with E-state index in [1.165, 1.54) is 40.0 Å². The largest absolute Gasteiger partial charge is 0.351 e. The highest BCUT2D eigenvalue weighted by Gasteiger charge is 2.32. The van der Waals surface area contributed by atoms with E-state index in [1.807, 2.05) is 17.5 Å². The molecule has 164 valence electrons. The molecule has 12 heteroatoms. The second-order valence-electron chi connectivity index (χ2n) is 6.89. The van der Waals surface area contributed by atoms with Gasteiger partial charge in [0.05, 0.1) is 17.1 Å². The number of carbonyl (C=O) groups is 2. The van der Waals surface area contributed by atoms with Gasteiger partial charge in [0.15, 0.2) is 5.13 Å². The molecule has 0 bridgehead atoms. The Morgan fingerprint density at radius 2 is 1.94 bits per heavy atom. The fourth-order valence-corrected chi connectivity index (χ4v) is 7.66. The molecule has 4 heterocycles. The average Bonchev–Trinajstić information content (AvgIpc) is 3.53. The standard InChI is InChI=1S/C19H20N4O4S4/c1-12(24)20-10-13-4-5-15(30-13)14-11-29-19(21-14)22-18(25)17-16(6-9-28-17)31(26,27)23-7-2-3-8-23/h4-6,9,11H,2-3,7-8,10H2,1H3,(H,20,24)(H,21,22,25). The third-order valence-electron chi connectivity index (χ3n) is 4.67. The van der Waals surface area contributed by atoms with E-state index >= 15 is 0 Å². The van der Waals surface area contributed by atoms with Gasteiger partial charge in [0.2, 0.25) is 15.9 Å². The molecule has 0 aliphatic carbocycles. The summed E-state index contributed by atoms with van der Waals surface area (Å²) < 4.78 is 27.2. The van der Waals surface area contributed by atoms with Gasteiger partial charge in [-0.15, -0.1) is 34.0 Å². The van der Waals surface area contributed by atoms with Crippen LogP contribution in [0.4, 0.5) is 5.13 Å². The van der Waals surface area contributed by atoms with Crippen LogP contribution in [0.5, 0.6) is 0 Å². The molecule has 0 radical (unpaired) electrons. The molecule has 1 saturated heterocycles. The lowest BCUT2D eigenvalue weighted by atomic mass is 10.3. The van der Waals surface area contributed by atoms with Crippen LogP contribution in [0.2, 0.25) is 0 Å². The molecule has 31 heavy (non-hydrogen) atoms. The van der Waals surface area contributed by atoms with Gasteiger partial charge in [-0.3, -0.25) is 14.9 Å². The molecule has 3 aromatic rings. The van der Waals surface area contributed by atoms with E-state index in [-0.39, 0.29) is 15.7 Å². The Bertz CT molecular complexity index is 1210. The fraction of sp³-hybridized carbons (Fsp3) is 0.316. The minimum atomic E-state index is -3.67. The van der Waals surface area contributed by atoms with Crippen molar-refractivity contribution in [2.75, 3.05) is 18.4 Å². The van der Waals surface area contributed by atoms with Gasteiger partial charge in [-0.1, -0.05) is 0 Å². The summed E-state index contributed by atoms with van der Waals surface area (Å²) >= 11 is 3.89. The normalized spacial score (nSPS) is 14.6. The van der Waals surface area contributed by atoms with Crippen LogP contribution in [0.15, 0.2) is 33.9 Å². The summed E-state index contributed by atoms with van der Waals surface area (Å²) in [6.45, 7) is 2.90. The summed E-state index contributed by atoms with van der Waals surface area (Å²) in [5.41, 5.74) is 0.718. The summed E-state index contributed by atoms with van der Waals surface area (Å²) in [6, 6.07) is 5.33. The maximum atomic E-state index is 12.9. The molecule has 0 unspecified atom stereocenters. The van der Waals surface area contributed by atoms with Gasteiger partial charge in [-0.05, 0) is 36.4 Å². The number of carbonyl (C=O) groups excluding carboxylic acids is 2. The van der Waals surface area contributed by atoms with Crippen molar-refractivity contribution >= 4 is 61.0 Å². The van der Waals surface area contributed by atoms with Gasteiger partial charge in [-0.25, -0.2) is 13.4 Å². The molecular weight excluding hydrogens is 477 g/mol. The van der Waals surface area contributed by atoms with Crippen LogP contribution in [0.3, 0.4) is 0 Å². The first-order valence-corrected chi connectivity index (χ1v) is 13.5. The molecule has 8 nitrogen and oxygen atoms in total. The van der Waals surface area contributed by atoms with Crippen molar-refractivity contribution in [3.8, 4) is 10.6 Å². The molecule has 1 fully saturated rings. The quantitative estimate of drug-likeness (QED) is 0.520. The predicted molar refractivity (Wildman–Crippen MR) is 123 cm³/mol. The first-order chi connectivity index (χ1) is 14.8. The number of nitrogens with zero attached hydrogens (tertiary/aromatic N) is 2. The van der Waals surface area contributed by atoms with Gasteiger partial charge in [0, 0.05) is 30.3 Å². The topological polar surface area (TPSA) is 108 Å². The molecule has 3 aromatic heterocycles. The summed E-state index contributed by atoms with van der Waals surface area (Å²) in [7, 11) is -3.67. The van der Waals surface area contributed by atoms with Gasteiger partial charge in [-0.2, -0.15) is 4.31 Å². The Morgan fingerprint density at radius 1 is 1.16 bits per heavy atom. The van der Waals surface area contributed by atoms with Gasteiger partial charge < -0.3 is 5.32 Å². The van der Waals surface area contributed by atoms with Gasteiger partial charge in [0.1, 0.15) is 9.77 Å². The van der Waals surface area contributed by atoms with E-state index < -0.39 is 15.9 Å². The lowest BCUT2D eigenvalue weighted by Gasteiger charge is -2.15. The number of thiazole rings is 1. The summed E-state index contributed by atoms with van der Waals surface area (Å²) in [6.07, 6.45) is 1.67. The van der Waals surface area contributed by atoms with Crippen molar-refractivity contribution in [2.24, 2.45) is 0 Å².